The van der Waals surface area contributed by atoms with Crippen LogP contribution < -0.4 is 5.32 Å². The molecule has 0 aromatic rings. The number of allylic oxidation sites excluding steroid dienone is 19. The van der Waals surface area contributed by atoms with Crippen LogP contribution >= 0.6 is 0 Å². The maximum Gasteiger partial charge on any atom is 0.220 e. The van der Waals surface area contributed by atoms with Gasteiger partial charge in [-0.2, -0.15) is 0 Å². The molecule has 0 saturated carbocycles. The van der Waals surface area contributed by atoms with Crippen molar-refractivity contribution in [2.24, 2.45) is 0 Å². The summed E-state index contributed by atoms with van der Waals surface area (Å²) in [6.07, 6.45) is 93.7. The molecule has 0 spiro atoms. The average Bonchev–Trinajstić information content (AvgIpc) is 3.37. The van der Waals surface area contributed by atoms with E-state index in [1.54, 1.807) is 6.08 Å². The molecule has 0 radical (unpaired) electrons. The zero-order valence-corrected chi connectivity index (χ0v) is 46.7. The summed E-state index contributed by atoms with van der Waals surface area (Å²) in [6, 6.07) is -0.657. The zero-order chi connectivity index (χ0) is 51.3. The summed E-state index contributed by atoms with van der Waals surface area (Å²) in [5.41, 5.74) is 0. The first-order valence-electron chi connectivity index (χ1n) is 30.2. The zero-order valence-electron chi connectivity index (χ0n) is 46.7. The summed E-state index contributed by atoms with van der Waals surface area (Å²) in [7, 11) is 0. The molecule has 406 valence electrons. The largest absolute Gasteiger partial charge is 0.394 e. The van der Waals surface area contributed by atoms with E-state index in [0.717, 1.165) is 89.9 Å². The van der Waals surface area contributed by atoms with Gasteiger partial charge in [0.15, 0.2) is 0 Å². The molecule has 0 rings (SSSR count). The summed E-state index contributed by atoms with van der Waals surface area (Å²) >= 11 is 0. The molecule has 2 unspecified atom stereocenters. The lowest BCUT2D eigenvalue weighted by Crippen LogP contribution is -2.45. The third-order valence-electron chi connectivity index (χ3n) is 13.2. The number of aliphatic hydroxyl groups is 2. The third kappa shape index (κ3) is 57.6. The van der Waals surface area contributed by atoms with Gasteiger partial charge in [-0.3, -0.25) is 4.79 Å². The van der Waals surface area contributed by atoms with Crippen LogP contribution in [0.4, 0.5) is 0 Å². The third-order valence-corrected chi connectivity index (χ3v) is 13.2. The number of aliphatic hydroxyl groups excluding tert-OH is 2. The molecule has 0 aliphatic heterocycles. The van der Waals surface area contributed by atoms with Gasteiger partial charge in [0.1, 0.15) is 0 Å². The number of amides is 1. The van der Waals surface area contributed by atoms with Gasteiger partial charge >= 0.3 is 0 Å². The van der Waals surface area contributed by atoms with Crippen LogP contribution in [0.5, 0.6) is 0 Å². The van der Waals surface area contributed by atoms with Crippen molar-refractivity contribution in [3.05, 3.63) is 122 Å². The lowest BCUT2D eigenvalue weighted by Gasteiger charge is -2.19. The van der Waals surface area contributed by atoms with Crippen LogP contribution in [0.15, 0.2) is 122 Å². The molecule has 71 heavy (non-hydrogen) atoms. The molecule has 0 aromatic heterocycles. The highest BCUT2D eigenvalue weighted by molar-refractivity contribution is 5.76. The number of carbonyl (C=O) groups excluding carboxylic acids is 1. The minimum absolute atomic E-state index is 0.0844. The van der Waals surface area contributed by atoms with Crippen LogP contribution in [-0.4, -0.2) is 34.9 Å². The molecular weight excluding hydrogens is 867 g/mol. The monoisotopic (exact) mass is 982 g/mol. The molecule has 0 aromatic carbocycles. The first kappa shape index (κ1) is 67.8. The summed E-state index contributed by atoms with van der Waals surface area (Å²) < 4.78 is 0. The quantitative estimate of drug-likeness (QED) is 0.0420. The molecule has 1 amide bonds. The lowest BCUT2D eigenvalue weighted by atomic mass is 10.0. The van der Waals surface area contributed by atoms with Crippen molar-refractivity contribution in [3.8, 4) is 0 Å². The van der Waals surface area contributed by atoms with Crippen LogP contribution in [0.3, 0.4) is 0 Å². The van der Waals surface area contributed by atoms with E-state index >= 15 is 0 Å². The molecule has 0 aliphatic rings. The van der Waals surface area contributed by atoms with Crippen LogP contribution in [0.25, 0.3) is 0 Å². The summed E-state index contributed by atoms with van der Waals surface area (Å²) in [4.78, 5) is 12.5. The van der Waals surface area contributed by atoms with E-state index in [1.807, 2.05) is 6.08 Å². The Morgan fingerprint density at radius 1 is 0.352 bits per heavy atom. The van der Waals surface area contributed by atoms with E-state index in [4.69, 9.17) is 0 Å². The second-order valence-corrected chi connectivity index (χ2v) is 20.0. The number of rotatable bonds is 54. The summed E-state index contributed by atoms with van der Waals surface area (Å²) in [5.74, 6) is -0.0844. The standard InChI is InChI=1S/C67H115NO3/c1-3-5-7-9-11-13-15-17-19-21-23-25-27-29-31-32-33-34-35-36-37-39-41-43-45-47-49-51-53-55-57-59-61-63-67(71)68-65(64-69)66(70)62-60-58-56-54-52-50-48-46-44-42-40-38-30-28-26-24-22-20-18-16-14-12-10-8-6-4-2/h5,7,11,13,17,19,23,25,29,31,33-34,36-37,44,46,52,54,60,62,65-66,69-70H,3-4,6,8-10,12,14-16,18,20-22,24,26-28,30,32,35,38-43,45,47-51,53,55-59,61,63-64H2,1-2H3,(H,68,71)/b7-5-,13-11-,19-17-,25-23-,31-29-,34-33-,37-36-,46-44+,54-52+,62-60+. The second kappa shape index (κ2) is 61.1. The van der Waals surface area contributed by atoms with Crippen molar-refractivity contribution in [3.63, 3.8) is 0 Å². The molecule has 0 fully saturated rings. The Labute approximate surface area is 441 Å². The number of unbranched alkanes of at least 4 members (excludes halogenated alkanes) is 29. The Balaban J connectivity index is 3.61. The van der Waals surface area contributed by atoms with Crippen molar-refractivity contribution in [1.82, 2.24) is 5.32 Å². The molecule has 0 bridgehead atoms. The smallest absolute Gasteiger partial charge is 0.220 e. The number of hydrogen-bond donors (Lipinski definition) is 3. The summed E-state index contributed by atoms with van der Waals surface area (Å²) in [6.45, 7) is 4.19. The van der Waals surface area contributed by atoms with E-state index < -0.39 is 12.1 Å². The fourth-order valence-corrected chi connectivity index (χ4v) is 8.60. The van der Waals surface area contributed by atoms with Gasteiger partial charge in [0.05, 0.1) is 18.8 Å². The molecule has 0 heterocycles. The molecule has 3 N–H and O–H groups in total. The van der Waals surface area contributed by atoms with Gasteiger partial charge in [-0.05, 0) is 103 Å². The Morgan fingerprint density at radius 2 is 0.634 bits per heavy atom. The highest BCUT2D eigenvalue weighted by Gasteiger charge is 2.18. The van der Waals surface area contributed by atoms with Crippen molar-refractivity contribution in [2.75, 3.05) is 6.61 Å². The Bertz CT molecular complexity index is 1390. The van der Waals surface area contributed by atoms with Crippen LogP contribution in [0, 0.1) is 0 Å². The average molecular weight is 983 g/mol. The van der Waals surface area contributed by atoms with Gasteiger partial charge < -0.3 is 15.5 Å². The summed E-state index contributed by atoms with van der Waals surface area (Å²) in [5, 5.41) is 23.2. The Kier molecular flexibility index (Phi) is 58.3. The molecule has 4 heteroatoms. The topological polar surface area (TPSA) is 69.6 Å². The predicted octanol–water partition coefficient (Wildman–Crippen LogP) is 20.4. The highest BCUT2D eigenvalue weighted by atomic mass is 16.3. The Hall–Kier alpha value is -3.21. The lowest BCUT2D eigenvalue weighted by molar-refractivity contribution is -0.123. The highest BCUT2D eigenvalue weighted by Crippen LogP contribution is 2.16. The van der Waals surface area contributed by atoms with Gasteiger partial charge in [-0.25, -0.2) is 0 Å². The minimum Gasteiger partial charge on any atom is -0.394 e. The fraction of sp³-hybridized carbons (Fsp3) is 0.687. The normalized spacial score (nSPS) is 13.7. The van der Waals surface area contributed by atoms with E-state index in [-0.39, 0.29) is 12.5 Å². The number of hydrogen-bond acceptors (Lipinski definition) is 3. The second-order valence-electron chi connectivity index (χ2n) is 20.0. The SMILES string of the molecule is CC/C=C\C/C=C\C/C=C\C/C=C\C/C=C\C/C=C\C/C=C\CCCCCCCCCCCCCC(=O)NC(CO)C(O)/C=C/CC/C=C/CC/C=C/CCCCCCCCCCCCCCCCCC. The maximum atomic E-state index is 12.5. The van der Waals surface area contributed by atoms with E-state index in [1.165, 1.54) is 167 Å². The Morgan fingerprint density at radius 3 is 0.986 bits per heavy atom. The van der Waals surface area contributed by atoms with Gasteiger partial charge in [0.25, 0.3) is 0 Å². The van der Waals surface area contributed by atoms with Crippen molar-refractivity contribution in [1.29, 1.82) is 0 Å². The van der Waals surface area contributed by atoms with Gasteiger partial charge in [0, 0.05) is 6.42 Å². The molecule has 2 atom stereocenters. The number of nitrogens with one attached hydrogen (secondary N) is 1. The van der Waals surface area contributed by atoms with Crippen molar-refractivity contribution < 1.29 is 15.0 Å². The first-order valence-corrected chi connectivity index (χ1v) is 30.2. The van der Waals surface area contributed by atoms with Crippen LogP contribution in [-0.2, 0) is 4.79 Å². The van der Waals surface area contributed by atoms with Gasteiger partial charge in [-0.15, -0.1) is 0 Å². The van der Waals surface area contributed by atoms with Crippen molar-refractivity contribution >= 4 is 5.91 Å². The van der Waals surface area contributed by atoms with Crippen molar-refractivity contribution in [2.45, 2.75) is 289 Å². The van der Waals surface area contributed by atoms with E-state index in [9.17, 15) is 15.0 Å². The molecular formula is C67H115NO3. The van der Waals surface area contributed by atoms with E-state index in [0.29, 0.717) is 6.42 Å². The van der Waals surface area contributed by atoms with E-state index in [2.05, 4.69) is 129 Å². The van der Waals surface area contributed by atoms with Gasteiger partial charge in [0.2, 0.25) is 5.91 Å². The maximum absolute atomic E-state index is 12.5. The van der Waals surface area contributed by atoms with Crippen LogP contribution in [0.2, 0.25) is 0 Å². The number of carbonyl (C=O) groups is 1. The molecule has 4 nitrogen and oxygen atoms in total. The van der Waals surface area contributed by atoms with Crippen LogP contribution in [0.1, 0.15) is 277 Å². The predicted molar refractivity (Wildman–Crippen MR) is 317 cm³/mol. The molecule has 0 aliphatic carbocycles. The first-order chi connectivity index (χ1) is 35.2. The minimum atomic E-state index is -0.881. The van der Waals surface area contributed by atoms with Gasteiger partial charge in [-0.1, -0.05) is 289 Å². The molecule has 0 saturated heterocycles. The fourth-order valence-electron chi connectivity index (χ4n) is 8.60.